The van der Waals surface area contributed by atoms with Crippen molar-refractivity contribution in [2.75, 3.05) is 63.5 Å². The van der Waals surface area contributed by atoms with Crippen LogP contribution in [0.15, 0.2) is 46.0 Å². The van der Waals surface area contributed by atoms with Gasteiger partial charge in [-0.2, -0.15) is 26.3 Å². The van der Waals surface area contributed by atoms with Gasteiger partial charge in [0.05, 0.1) is 50.8 Å². The molecule has 41 heavy (non-hydrogen) atoms. The molecule has 0 aliphatic carbocycles. The standard InChI is InChI=1S/C26H24F6N2O7/c27-25(28,29)15-11-16(26(30,31)32)13-18(12-15)34-22-21(23(35)24(22)36)33-17-1-2-19-20(14-17)41-10-8-39-6-4-37-3-5-38-7-9-40-19/h1-2,11-14,33-34H,3-10H2. The molecule has 0 spiro atoms. The molecule has 9 nitrogen and oxygen atoms in total. The fraction of sp³-hybridized carbons (Fsp3) is 0.385. The molecule has 0 radical (unpaired) electrons. The molecule has 2 N–H and O–H groups in total. The summed E-state index contributed by atoms with van der Waals surface area (Å²) in [5.74, 6) is 0.572. The average molecular weight is 590 g/mol. The third-order valence-electron chi connectivity index (χ3n) is 5.69. The highest BCUT2D eigenvalue weighted by Gasteiger charge is 2.37. The van der Waals surface area contributed by atoms with E-state index in [9.17, 15) is 35.9 Å². The highest BCUT2D eigenvalue weighted by Crippen LogP contribution is 2.39. The van der Waals surface area contributed by atoms with E-state index in [0.29, 0.717) is 44.3 Å². The number of alkyl halides is 6. The van der Waals surface area contributed by atoms with E-state index in [0.717, 1.165) is 0 Å². The summed E-state index contributed by atoms with van der Waals surface area (Å²) in [5.41, 5.74) is -6.59. The molecule has 1 aliphatic rings. The molecule has 0 saturated heterocycles. The van der Waals surface area contributed by atoms with E-state index in [1.807, 2.05) is 0 Å². The van der Waals surface area contributed by atoms with Crippen LogP contribution in [0.5, 0.6) is 11.5 Å². The van der Waals surface area contributed by atoms with Crippen LogP contribution in [0.25, 0.3) is 0 Å². The van der Waals surface area contributed by atoms with Crippen LogP contribution in [0.1, 0.15) is 11.1 Å². The Labute approximate surface area is 228 Å². The minimum Gasteiger partial charge on any atom is -0.487 e. The number of halogens is 6. The molecule has 15 heteroatoms. The fourth-order valence-corrected chi connectivity index (χ4v) is 3.73. The second kappa shape index (κ2) is 12.8. The number of hydrogen-bond acceptors (Lipinski definition) is 9. The Morgan fingerprint density at radius 3 is 1.46 bits per heavy atom. The van der Waals surface area contributed by atoms with Crippen LogP contribution >= 0.6 is 0 Å². The molecule has 3 aromatic carbocycles. The highest BCUT2D eigenvalue weighted by molar-refractivity contribution is 5.82. The zero-order valence-electron chi connectivity index (χ0n) is 21.2. The lowest BCUT2D eigenvalue weighted by Crippen LogP contribution is -2.35. The largest absolute Gasteiger partial charge is 0.487 e. The van der Waals surface area contributed by atoms with Gasteiger partial charge in [0.25, 0.3) is 10.9 Å². The maximum absolute atomic E-state index is 13.2. The van der Waals surface area contributed by atoms with Crippen LogP contribution < -0.4 is 31.0 Å². The van der Waals surface area contributed by atoms with Gasteiger partial charge in [-0.3, -0.25) is 9.59 Å². The van der Waals surface area contributed by atoms with Crippen molar-refractivity contribution < 1.29 is 50.0 Å². The minimum atomic E-state index is -5.09. The Hall–Kier alpha value is -3.82. The molecule has 0 bridgehead atoms. The highest BCUT2D eigenvalue weighted by atomic mass is 19.4. The second-order valence-electron chi connectivity index (χ2n) is 8.65. The Morgan fingerprint density at radius 2 is 0.976 bits per heavy atom. The SMILES string of the molecule is O=c1c(Nc2cc(C(F)(F)F)cc(C(F)(F)F)c2)c(Nc2ccc3c(c2)OCCOCCOCCOCCO3)c1=O. The molecule has 0 unspecified atom stereocenters. The van der Waals surface area contributed by atoms with Gasteiger partial charge in [-0.15, -0.1) is 0 Å². The van der Waals surface area contributed by atoms with Crippen molar-refractivity contribution in [3.05, 3.63) is 68.0 Å². The van der Waals surface area contributed by atoms with Crippen molar-refractivity contribution in [3.63, 3.8) is 0 Å². The Balaban J connectivity index is 1.56. The van der Waals surface area contributed by atoms with E-state index in [1.165, 1.54) is 18.2 Å². The maximum atomic E-state index is 13.2. The van der Waals surface area contributed by atoms with E-state index in [2.05, 4.69) is 10.6 Å². The Morgan fingerprint density at radius 1 is 0.537 bits per heavy atom. The lowest BCUT2D eigenvalue weighted by molar-refractivity contribution is -0.143. The number of benzene rings is 2. The molecular weight excluding hydrogens is 566 g/mol. The van der Waals surface area contributed by atoms with Crippen molar-refractivity contribution in [1.82, 2.24) is 0 Å². The molecule has 1 heterocycles. The summed E-state index contributed by atoms with van der Waals surface area (Å²) in [6.07, 6.45) is -10.2. The molecule has 0 aromatic heterocycles. The number of rotatable bonds is 4. The van der Waals surface area contributed by atoms with Crippen molar-refractivity contribution in [2.24, 2.45) is 0 Å². The molecule has 0 amide bonds. The van der Waals surface area contributed by atoms with Gasteiger partial charge in [-0.1, -0.05) is 0 Å². The first kappa shape index (κ1) is 30.1. The van der Waals surface area contributed by atoms with Crippen molar-refractivity contribution in [3.8, 4) is 11.5 Å². The number of fused-ring (bicyclic) bond motifs is 1. The number of ether oxygens (including phenoxy) is 5. The van der Waals surface area contributed by atoms with Gasteiger partial charge in [0, 0.05) is 17.4 Å². The molecule has 0 saturated carbocycles. The summed E-state index contributed by atoms with van der Waals surface area (Å²) < 4.78 is 107. The normalized spacial score (nSPS) is 16.0. The number of anilines is 4. The average Bonchev–Trinajstić information content (AvgIpc) is 2.93. The van der Waals surface area contributed by atoms with Gasteiger partial charge in [-0.25, -0.2) is 0 Å². The first-order valence-electron chi connectivity index (χ1n) is 12.2. The fourth-order valence-electron chi connectivity index (χ4n) is 3.73. The molecule has 1 aliphatic heterocycles. The van der Waals surface area contributed by atoms with Crippen LogP contribution in [0, 0.1) is 0 Å². The first-order chi connectivity index (χ1) is 19.4. The second-order valence-corrected chi connectivity index (χ2v) is 8.65. The summed E-state index contributed by atoms with van der Waals surface area (Å²) in [6, 6.07) is 5.22. The smallest absolute Gasteiger partial charge is 0.416 e. The van der Waals surface area contributed by atoms with Gasteiger partial charge in [0.15, 0.2) is 11.5 Å². The third-order valence-corrected chi connectivity index (χ3v) is 5.69. The van der Waals surface area contributed by atoms with Gasteiger partial charge >= 0.3 is 12.4 Å². The third kappa shape index (κ3) is 7.89. The van der Waals surface area contributed by atoms with E-state index >= 15 is 0 Å². The van der Waals surface area contributed by atoms with Gasteiger partial charge in [0.2, 0.25) is 0 Å². The summed E-state index contributed by atoms with van der Waals surface area (Å²) in [4.78, 5) is 24.5. The van der Waals surface area contributed by atoms with Crippen LogP contribution in [-0.2, 0) is 26.6 Å². The molecule has 4 rings (SSSR count). The maximum Gasteiger partial charge on any atom is 0.416 e. The van der Waals surface area contributed by atoms with Crippen LogP contribution in [0.2, 0.25) is 0 Å². The minimum absolute atomic E-state index is 0.0455. The quantitative estimate of drug-likeness (QED) is 0.333. The van der Waals surface area contributed by atoms with Crippen molar-refractivity contribution in [2.45, 2.75) is 12.4 Å². The molecule has 0 fully saturated rings. The molecular formula is C26H24F6N2O7. The topological polar surface area (TPSA) is 104 Å². The van der Waals surface area contributed by atoms with Crippen LogP contribution in [-0.4, -0.2) is 52.9 Å². The number of nitrogens with one attached hydrogen (secondary N) is 2. The Bertz CT molecular complexity index is 1390. The first-order valence-corrected chi connectivity index (χ1v) is 12.2. The number of hydrogen-bond donors (Lipinski definition) is 2. The monoisotopic (exact) mass is 590 g/mol. The van der Waals surface area contributed by atoms with Crippen molar-refractivity contribution in [1.29, 1.82) is 0 Å². The summed E-state index contributed by atoms with van der Waals surface area (Å²) in [5, 5.41) is 4.90. The van der Waals surface area contributed by atoms with Crippen LogP contribution in [0.3, 0.4) is 0 Å². The van der Waals surface area contributed by atoms with Crippen LogP contribution in [0.4, 0.5) is 49.1 Å². The molecule has 222 valence electrons. The lowest BCUT2D eigenvalue weighted by Gasteiger charge is -2.19. The lowest BCUT2D eigenvalue weighted by atomic mass is 10.1. The summed E-state index contributed by atoms with van der Waals surface area (Å²) >= 11 is 0. The van der Waals surface area contributed by atoms with Gasteiger partial charge in [-0.05, 0) is 30.3 Å². The van der Waals surface area contributed by atoms with E-state index in [4.69, 9.17) is 23.7 Å². The Kier molecular flexibility index (Phi) is 9.40. The van der Waals surface area contributed by atoms with Gasteiger partial charge < -0.3 is 34.3 Å². The van der Waals surface area contributed by atoms with E-state index < -0.39 is 45.7 Å². The van der Waals surface area contributed by atoms with Gasteiger partial charge in [0.1, 0.15) is 24.6 Å². The van der Waals surface area contributed by atoms with E-state index in [-0.39, 0.29) is 49.6 Å². The molecule has 3 aromatic rings. The summed E-state index contributed by atoms with van der Waals surface area (Å²) in [7, 11) is 0. The van der Waals surface area contributed by atoms with Crippen molar-refractivity contribution >= 4 is 22.7 Å². The predicted octanol–water partition coefficient (Wildman–Crippen LogP) is 4.63. The molecule has 0 atom stereocenters. The van der Waals surface area contributed by atoms with E-state index in [1.54, 1.807) is 0 Å². The predicted molar refractivity (Wildman–Crippen MR) is 134 cm³/mol. The zero-order chi connectivity index (χ0) is 29.6. The zero-order valence-corrected chi connectivity index (χ0v) is 21.2. The summed E-state index contributed by atoms with van der Waals surface area (Å²) in [6.45, 7) is 2.28.